The number of allylic oxidation sites excluding steroid dienone is 4. The molecular weight excluding hydrogens is 244 g/mol. The molecule has 0 aromatic heterocycles. The van der Waals surface area contributed by atoms with Gasteiger partial charge in [-0.2, -0.15) is 0 Å². The SMILES string of the molecule is CC/C=C\C=C/C(C)CC(C)Cc1ccc(OC)cc1. The molecule has 1 aromatic rings. The first-order valence-corrected chi connectivity index (χ1v) is 7.62. The predicted octanol–water partition coefficient (Wildman–Crippen LogP) is 5.42. The van der Waals surface area contributed by atoms with E-state index in [2.05, 4.69) is 57.2 Å². The lowest BCUT2D eigenvalue weighted by Gasteiger charge is -2.14. The third-order valence-electron chi connectivity index (χ3n) is 3.44. The van der Waals surface area contributed by atoms with Crippen molar-refractivity contribution in [3.8, 4) is 5.75 Å². The van der Waals surface area contributed by atoms with E-state index in [4.69, 9.17) is 4.74 Å². The monoisotopic (exact) mass is 272 g/mol. The molecule has 1 aromatic carbocycles. The minimum atomic E-state index is 0.629. The Morgan fingerprint density at radius 2 is 1.80 bits per heavy atom. The van der Waals surface area contributed by atoms with Gasteiger partial charge >= 0.3 is 0 Å². The smallest absolute Gasteiger partial charge is 0.118 e. The highest BCUT2D eigenvalue weighted by Crippen LogP contribution is 2.19. The average Bonchev–Trinajstić information content (AvgIpc) is 2.44. The first-order chi connectivity index (χ1) is 9.65. The van der Waals surface area contributed by atoms with Crippen LogP contribution in [0.2, 0.25) is 0 Å². The van der Waals surface area contributed by atoms with Crippen LogP contribution in [0.5, 0.6) is 5.75 Å². The van der Waals surface area contributed by atoms with E-state index in [-0.39, 0.29) is 0 Å². The van der Waals surface area contributed by atoms with Gasteiger partial charge in [-0.15, -0.1) is 0 Å². The van der Waals surface area contributed by atoms with Gasteiger partial charge in [-0.3, -0.25) is 0 Å². The molecule has 2 atom stereocenters. The van der Waals surface area contributed by atoms with Crippen molar-refractivity contribution >= 4 is 0 Å². The van der Waals surface area contributed by atoms with E-state index in [9.17, 15) is 0 Å². The molecule has 2 unspecified atom stereocenters. The number of hydrogen-bond acceptors (Lipinski definition) is 1. The fraction of sp³-hybridized carbons (Fsp3) is 0.474. The minimum Gasteiger partial charge on any atom is -0.497 e. The predicted molar refractivity (Wildman–Crippen MR) is 88.2 cm³/mol. The summed E-state index contributed by atoms with van der Waals surface area (Å²) in [5, 5.41) is 0. The van der Waals surface area contributed by atoms with Crippen LogP contribution >= 0.6 is 0 Å². The molecule has 20 heavy (non-hydrogen) atoms. The van der Waals surface area contributed by atoms with E-state index in [1.165, 1.54) is 12.0 Å². The molecule has 0 saturated heterocycles. The van der Waals surface area contributed by atoms with Crippen LogP contribution in [0.15, 0.2) is 48.6 Å². The summed E-state index contributed by atoms with van der Waals surface area (Å²) in [5.41, 5.74) is 1.39. The maximum atomic E-state index is 5.19. The molecular formula is C19H28O. The van der Waals surface area contributed by atoms with E-state index in [1.54, 1.807) is 7.11 Å². The second kappa shape index (κ2) is 9.41. The molecule has 1 nitrogen and oxygen atoms in total. The zero-order valence-electron chi connectivity index (χ0n) is 13.3. The lowest BCUT2D eigenvalue weighted by Crippen LogP contribution is -2.04. The standard InChI is InChI=1S/C19H28O/c1-5-6-7-8-9-16(2)14-17(3)15-18-10-12-19(20-4)13-11-18/h6-13,16-17H,5,14-15H2,1-4H3/b7-6-,9-8-. The zero-order chi connectivity index (χ0) is 14.8. The van der Waals surface area contributed by atoms with E-state index in [1.807, 2.05) is 12.1 Å². The first kappa shape index (κ1) is 16.6. The Labute approximate surface area is 124 Å². The van der Waals surface area contributed by atoms with E-state index < -0.39 is 0 Å². The highest BCUT2D eigenvalue weighted by Gasteiger charge is 2.07. The van der Waals surface area contributed by atoms with Crippen molar-refractivity contribution in [1.29, 1.82) is 0 Å². The van der Waals surface area contributed by atoms with Gasteiger partial charge in [-0.05, 0) is 48.8 Å². The molecule has 0 heterocycles. The van der Waals surface area contributed by atoms with Crippen molar-refractivity contribution < 1.29 is 4.74 Å². The highest BCUT2D eigenvalue weighted by molar-refractivity contribution is 5.27. The van der Waals surface area contributed by atoms with Gasteiger partial charge in [0.05, 0.1) is 7.11 Å². The Bertz CT molecular complexity index is 414. The maximum Gasteiger partial charge on any atom is 0.118 e. The van der Waals surface area contributed by atoms with Crippen molar-refractivity contribution in [2.75, 3.05) is 7.11 Å². The third kappa shape index (κ3) is 6.60. The topological polar surface area (TPSA) is 9.23 Å². The van der Waals surface area contributed by atoms with E-state index >= 15 is 0 Å². The summed E-state index contributed by atoms with van der Waals surface area (Å²) in [6.07, 6.45) is 12.3. The number of benzene rings is 1. The summed E-state index contributed by atoms with van der Waals surface area (Å²) in [6.45, 7) is 6.78. The largest absolute Gasteiger partial charge is 0.497 e. The van der Waals surface area contributed by atoms with Crippen LogP contribution in [-0.2, 0) is 6.42 Å². The van der Waals surface area contributed by atoms with Crippen LogP contribution in [0.3, 0.4) is 0 Å². The van der Waals surface area contributed by atoms with Crippen molar-refractivity contribution in [3.05, 3.63) is 54.1 Å². The molecule has 0 aliphatic heterocycles. The minimum absolute atomic E-state index is 0.629. The summed E-state index contributed by atoms with van der Waals surface area (Å²) in [4.78, 5) is 0. The number of methoxy groups -OCH3 is 1. The molecule has 0 fully saturated rings. The third-order valence-corrected chi connectivity index (χ3v) is 3.44. The molecule has 1 rings (SSSR count). The molecule has 0 aliphatic carbocycles. The van der Waals surface area contributed by atoms with Crippen LogP contribution in [0, 0.1) is 11.8 Å². The summed E-state index contributed by atoms with van der Waals surface area (Å²) >= 11 is 0. The Balaban J connectivity index is 2.39. The van der Waals surface area contributed by atoms with Crippen LogP contribution in [-0.4, -0.2) is 7.11 Å². The summed E-state index contributed by atoms with van der Waals surface area (Å²) in [5.74, 6) is 2.25. The lowest BCUT2D eigenvalue weighted by molar-refractivity contribution is 0.414. The van der Waals surface area contributed by atoms with Crippen LogP contribution in [0.1, 0.15) is 39.2 Å². The molecule has 0 saturated carbocycles. The molecule has 0 amide bonds. The molecule has 0 aliphatic rings. The van der Waals surface area contributed by atoms with Crippen LogP contribution in [0.25, 0.3) is 0 Å². The molecule has 0 radical (unpaired) electrons. The van der Waals surface area contributed by atoms with Gasteiger partial charge in [0.1, 0.15) is 5.75 Å². The Kier molecular flexibility index (Phi) is 7.79. The van der Waals surface area contributed by atoms with Crippen LogP contribution in [0.4, 0.5) is 0 Å². The highest BCUT2D eigenvalue weighted by atomic mass is 16.5. The van der Waals surface area contributed by atoms with Gasteiger partial charge in [0.2, 0.25) is 0 Å². The normalized spacial score (nSPS) is 14.8. The van der Waals surface area contributed by atoms with Crippen LogP contribution < -0.4 is 4.74 Å². The van der Waals surface area contributed by atoms with Gasteiger partial charge in [-0.25, -0.2) is 0 Å². The summed E-state index contributed by atoms with van der Waals surface area (Å²) < 4.78 is 5.19. The quantitative estimate of drug-likeness (QED) is 0.574. The first-order valence-electron chi connectivity index (χ1n) is 7.62. The average molecular weight is 272 g/mol. The lowest BCUT2D eigenvalue weighted by atomic mass is 9.91. The van der Waals surface area contributed by atoms with Gasteiger partial charge in [0.15, 0.2) is 0 Å². The number of hydrogen-bond donors (Lipinski definition) is 0. The van der Waals surface area contributed by atoms with Crippen molar-refractivity contribution in [2.45, 2.75) is 40.0 Å². The second-order valence-electron chi connectivity index (χ2n) is 5.59. The number of rotatable bonds is 8. The van der Waals surface area contributed by atoms with Gasteiger partial charge in [0, 0.05) is 0 Å². The molecule has 0 bridgehead atoms. The fourth-order valence-electron chi connectivity index (χ4n) is 2.43. The molecule has 1 heteroatoms. The Morgan fingerprint density at radius 3 is 2.40 bits per heavy atom. The van der Waals surface area contributed by atoms with E-state index in [0.717, 1.165) is 18.6 Å². The summed E-state index contributed by atoms with van der Waals surface area (Å²) in [6, 6.07) is 8.42. The van der Waals surface area contributed by atoms with Crippen molar-refractivity contribution in [2.24, 2.45) is 11.8 Å². The second-order valence-corrected chi connectivity index (χ2v) is 5.59. The molecule has 110 valence electrons. The maximum absolute atomic E-state index is 5.19. The fourth-order valence-corrected chi connectivity index (χ4v) is 2.43. The van der Waals surface area contributed by atoms with Gasteiger partial charge < -0.3 is 4.74 Å². The summed E-state index contributed by atoms with van der Waals surface area (Å²) in [7, 11) is 1.71. The molecule has 0 N–H and O–H groups in total. The Morgan fingerprint density at radius 1 is 1.10 bits per heavy atom. The zero-order valence-corrected chi connectivity index (χ0v) is 13.3. The van der Waals surface area contributed by atoms with Crippen molar-refractivity contribution in [3.63, 3.8) is 0 Å². The Hall–Kier alpha value is -1.50. The van der Waals surface area contributed by atoms with Crippen molar-refractivity contribution in [1.82, 2.24) is 0 Å². The van der Waals surface area contributed by atoms with Gasteiger partial charge in [0.25, 0.3) is 0 Å². The van der Waals surface area contributed by atoms with E-state index in [0.29, 0.717) is 11.8 Å². The van der Waals surface area contributed by atoms with Gasteiger partial charge in [-0.1, -0.05) is 57.2 Å². The molecule has 0 spiro atoms. The number of ether oxygens (including phenoxy) is 1.